The average molecular weight is 331 g/mol. The number of carbonyl (C=O) groups excluding carboxylic acids is 1. The zero-order chi connectivity index (χ0) is 16.8. The Morgan fingerprint density at radius 2 is 1.52 bits per heavy atom. The number of aldehydes is 1. The SMILES string of the molecule is Cc1cc(CN)c2c(c1)S(=O)(=O)c1cc(C)cc(CC=O)c1O2. The summed E-state index contributed by atoms with van der Waals surface area (Å²) >= 11 is 0. The topological polar surface area (TPSA) is 86.5 Å². The smallest absolute Gasteiger partial charge is 0.213 e. The van der Waals surface area contributed by atoms with Gasteiger partial charge in [-0.15, -0.1) is 0 Å². The van der Waals surface area contributed by atoms with Crippen molar-refractivity contribution < 1.29 is 17.9 Å². The van der Waals surface area contributed by atoms with Crippen molar-refractivity contribution in [3.05, 3.63) is 46.5 Å². The third-order valence-corrected chi connectivity index (χ3v) is 5.62. The number of benzene rings is 2. The van der Waals surface area contributed by atoms with E-state index in [1.165, 1.54) is 0 Å². The van der Waals surface area contributed by atoms with Gasteiger partial charge in [-0.25, -0.2) is 8.42 Å². The third-order valence-electron chi connectivity index (χ3n) is 3.86. The first-order valence-electron chi connectivity index (χ1n) is 7.22. The van der Waals surface area contributed by atoms with Gasteiger partial charge in [0.1, 0.15) is 21.8 Å². The summed E-state index contributed by atoms with van der Waals surface area (Å²) in [6, 6.07) is 6.75. The summed E-state index contributed by atoms with van der Waals surface area (Å²) in [5.41, 5.74) is 8.51. The molecule has 6 heteroatoms. The van der Waals surface area contributed by atoms with Gasteiger partial charge in [0.2, 0.25) is 9.84 Å². The van der Waals surface area contributed by atoms with Gasteiger partial charge in [-0.3, -0.25) is 0 Å². The fraction of sp³-hybridized carbons (Fsp3) is 0.235. The lowest BCUT2D eigenvalue weighted by molar-refractivity contribution is -0.107. The van der Waals surface area contributed by atoms with Gasteiger partial charge in [0.15, 0.2) is 5.75 Å². The van der Waals surface area contributed by atoms with E-state index in [2.05, 4.69) is 0 Å². The number of carbonyl (C=O) groups is 1. The Bertz CT molecular complexity index is 917. The Morgan fingerprint density at radius 3 is 2.04 bits per heavy atom. The molecule has 0 aliphatic carbocycles. The number of sulfone groups is 1. The van der Waals surface area contributed by atoms with Crippen LogP contribution < -0.4 is 10.5 Å². The van der Waals surface area contributed by atoms with Crippen LogP contribution in [-0.4, -0.2) is 14.7 Å². The lowest BCUT2D eigenvalue weighted by atomic mass is 10.1. The van der Waals surface area contributed by atoms with Crippen LogP contribution in [0.15, 0.2) is 34.1 Å². The largest absolute Gasteiger partial charge is 0.454 e. The highest BCUT2D eigenvalue weighted by molar-refractivity contribution is 7.91. The van der Waals surface area contributed by atoms with E-state index < -0.39 is 9.84 Å². The quantitative estimate of drug-likeness (QED) is 0.745. The van der Waals surface area contributed by atoms with Crippen LogP contribution in [0, 0.1) is 13.8 Å². The zero-order valence-corrected chi connectivity index (χ0v) is 13.7. The summed E-state index contributed by atoms with van der Waals surface area (Å²) < 4.78 is 31.9. The highest BCUT2D eigenvalue weighted by Crippen LogP contribution is 2.46. The first-order chi connectivity index (χ1) is 10.9. The molecule has 0 atom stereocenters. The summed E-state index contributed by atoms with van der Waals surface area (Å²) in [7, 11) is -3.72. The maximum Gasteiger partial charge on any atom is 0.213 e. The van der Waals surface area contributed by atoms with Crippen molar-refractivity contribution in [2.75, 3.05) is 0 Å². The minimum absolute atomic E-state index is 0.0959. The third kappa shape index (κ3) is 2.44. The second-order valence-electron chi connectivity index (χ2n) is 5.68. The molecule has 1 aliphatic rings. The zero-order valence-electron chi connectivity index (χ0n) is 12.9. The maximum absolute atomic E-state index is 13.0. The Hall–Kier alpha value is -2.18. The second kappa shape index (κ2) is 5.47. The minimum Gasteiger partial charge on any atom is -0.454 e. The van der Waals surface area contributed by atoms with Gasteiger partial charge in [0, 0.05) is 24.1 Å². The van der Waals surface area contributed by atoms with E-state index >= 15 is 0 Å². The van der Waals surface area contributed by atoms with Crippen molar-refractivity contribution in [2.24, 2.45) is 5.73 Å². The molecule has 0 fully saturated rings. The number of fused-ring (bicyclic) bond motifs is 2. The molecule has 1 aliphatic heterocycles. The molecule has 5 nitrogen and oxygen atoms in total. The monoisotopic (exact) mass is 331 g/mol. The highest BCUT2D eigenvalue weighted by atomic mass is 32.2. The maximum atomic E-state index is 13.0. The van der Waals surface area contributed by atoms with Crippen molar-refractivity contribution in [1.82, 2.24) is 0 Å². The lowest BCUT2D eigenvalue weighted by Crippen LogP contribution is -2.16. The molecule has 0 saturated heterocycles. The van der Waals surface area contributed by atoms with Crippen LogP contribution in [-0.2, 0) is 27.6 Å². The van der Waals surface area contributed by atoms with Crippen LogP contribution in [0.2, 0.25) is 0 Å². The predicted octanol–water partition coefficient (Wildman–Crippen LogP) is 2.44. The molecule has 0 aromatic heterocycles. The van der Waals surface area contributed by atoms with Crippen LogP contribution in [0.5, 0.6) is 11.5 Å². The van der Waals surface area contributed by atoms with E-state index in [1.54, 1.807) is 25.1 Å². The van der Waals surface area contributed by atoms with Crippen molar-refractivity contribution in [3.63, 3.8) is 0 Å². The standard InChI is InChI=1S/C17H17NO4S/c1-10-5-12(3-4-19)16-14(7-10)23(20,21)15-8-11(2)6-13(9-18)17(15)22-16/h4-8H,3,9,18H2,1-2H3. The molecular weight excluding hydrogens is 314 g/mol. The first kappa shape index (κ1) is 15.7. The number of hydrogen-bond acceptors (Lipinski definition) is 5. The van der Waals surface area contributed by atoms with Crippen LogP contribution in [0.1, 0.15) is 22.3 Å². The predicted molar refractivity (Wildman–Crippen MR) is 85.5 cm³/mol. The lowest BCUT2D eigenvalue weighted by Gasteiger charge is -2.25. The number of nitrogens with two attached hydrogens (primary N) is 1. The average Bonchev–Trinajstić information content (AvgIpc) is 2.49. The van der Waals surface area contributed by atoms with Crippen LogP contribution in [0.3, 0.4) is 0 Å². The molecule has 0 spiro atoms. The molecule has 2 aromatic carbocycles. The Kier molecular flexibility index (Phi) is 3.74. The number of rotatable bonds is 3. The molecule has 0 radical (unpaired) electrons. The van der Waals surface area contributed by atoms with E-state index in [1.807, 2.05) is 13.0 Å². The molecule has 0 bridgehead atoms. The molecule has 3 rings (SSSR count). The van der Waals surface area contributed by atoms with E-state index in [0.29, 0.717) is 11.1 Å². The van der Waals surface area contributed by atoms with E-state index in [9.17, 15) is 13.2 Å². The van der Waals surface area contributed by atoms with Gasteiger partial charge in [-0.1, -0.05) is 12.1 Å². The molecule has 120 valence electrons. The molecule has 0 amide bonds. The molecular formula is C17H17NO4S. The van der Waals surface area contributed by atoms with Gasteiger partial charge in [-0.05, 0) is 37.1 Å². The van der Waals surface area contributed by atoms with E-state index in [-0.39, 0.29) is 34.3 Å². The molecule has 1 heterocycles. The molecule has 0 saturated carbocycles. The Morgan fingerprint density at radius 1 is 1.00 bits per heavy atom. The van der Waals surface area contributed by atoms with Gasteiger partial charge in [0.05, 0.1) is 0 Å². The Labute approximate surface area is 135 Å². The van der Waals surface area contributed by atoms with Gasteiger partial charge >= 0.3 is 0 Å². The first-order valence-corrected chi connectivity index (χ1v) is 8.70. The highest BCUT2D eigenvalue weighted by Gasteiger charge is 2.34. The summed E-state index contributed by atoms with van der Waals surface area (Å²) in [6.45, 7) is 3.78. The van der Waals surface area contributed by atoms with Gasteiger partial charge < -0.3 is 15.3 Å². The van der Waals surface area contributed by atoms with E-state index in [4.69, 9.17) is 10.5 Å². The second-order valence-corrected chi connectivity index (χ2v) is 7.57. The minimum atomic E-state index is -3.72. The number of aryl methyl sites for hydroxylation is 2. The fourth-order valence-electron chi connectivity index (χ4n) is 2.87. The van der Waals surface area contributed by atoms with Crippen molar-refractivity contribution >= 4 is 16.1 Å². The van der Waals surface area contributed by atoms with Gasteiger partial charge in [-0.2, -0.15) is 0 Å². The number of hydrogen-bond donors (Lipinski definition) is 1. The molecule has 23 heavy (non-hydrogen) atoms. The summed E-state index contributed by atoms with van der Waals surface area (Å²) in [5.74, 6) is 0.496. The summed E-state index contributed by atoms with van der Waals surface area (Å²) in [4.78, 5) is 11.2. The van der Waals surface area contributed by atoms with Crippen LogP contribution >= 0.6 is 0 Å². The Balaban J connectivity index is 2.36. The summed E-state index contributed by atoms with van der Waals surface area (Å²) in [5, 5.41) is 0. The fourth-order valence-corrected chi connectivity index (χ4v) is 4.62. The van der Waals surface area contributed by atoms with Crippen molar-refractivity contribution in [1.29, 1.82) is 0 Å². The van der Waals surface area contributed by atoms with Gasteiger partial charge in [0.25, 0.3) is 0 Å². The molecule has 2 N–H and O–H groups in total. The number of ether oxygens (including phenoxy) is 1. The molecule has 2 aromatic rings. The van der Waals surface area contributed by atoms with Crippen molar-refractivity contribution in [3.8, 4) is 11.5 Å². The normalized spacial score (nSPS) is 14.6. The van der Waals surface area contributed by atoms with E-state index in [0.717, 1.165) is 17.4 Å². The van der Waals surface area contributed by atoms with Crippen LogP contribution in [0.25, 0.3) is 0 Å². The molecule has 0 unspecified atom stereocenters. The van der Waals surface area contributed by atoms with Crippen molar-refractivity contribution in [2.45, 2.75) is 36.6 Å². The summed E-state index contributed by atoms with van der Waals surface area (Å²) in [6.07, 6.45) is 0.832. The van der Waals surface area contributed by atoms with Crippen LogP contribution in [0.4, 0.5) is 0 Å².